The zero-order chi connectivity index (χ0) is 16.8. The summed E-state index contributed by atoms with van der Waals surface area (Å²) in [6, 6.07) is 6.77. The van der Waals surface area contributed by atoms with Crippen molar-refractivity contribution in [3.05, 3.63) is 29.8 Å². The van der Waals surface area contributed by atoms with Gasteiger partial charge in [-0.3, -0.25) is 9.59 Å². The molecule has 1 aliphatic rings. The minimum atomic E-state index is -0.500. The Morgan fingerprint density at radius 1 is 1.39 bits per heavy atom. The molecule has 0 aromatic heterocycles. The monoisotopic (exact) mass is 319 g/mol. The van der Waals surface area contributed by atoms with Crippen molar-refractivity contribution in [2.75, 3.05) is 19.7 Å². The van der Waals surface area contributed by atoms with Crippen LogP contribution in [0.25, 0.3) is 0 Å². The van der Waals surface area contributed by atoms with Crippen molar-refractivity contribution in [1.29, 1.82) is 0 Å². The molecule has 1 aromatic rings. The number of amides is 2. The zero-order valence-corrected chi connectivity index (χ0v) is 13.5. The second-order valence-electron chi connectivity index (χ2n) is 6.00. The smallest absolute Gasteiger partial charge is 0.248 e. The van der Waals surface area contributed by atoms with E-state index in [4.69, 9.17) is 16.2 Å². The molecule has 0 aliphatic carbocycles. The highest BCUT2D eigenvalue weighted by Gasteiger charge is 2.30. The molecule has 1 aromatic carbocycles. The number of benzene rings is 1. The Kier molecular flexibility index (Phi) is 5.98. The number of nitrogens with two attached hydrogens (primary N) is 2. The van der Waals surface area contributed by atoms with Gasteiger partial charge in [0.1, 0.15) is 5.75 Å². The first kappa shape index (κ1) is 17.3. The highest BCUT2D eigenvalue weighted by molar-refractivity contribution is 5.93. The van der Waals surface area contributed by atoms with Gasteiger partial charge in [0.05, 0.1) is 13.0 Å². The van der Waals surface area contributed by atoms with Gasteiger partial charge >= 0.3 is 0 Å². The van der Waals surface area contributed by atoms with Crippen LogP contribution in [0.3, 0.4) is 0 Å². The van der Waals surface area contributed by atoms with Crippen molar-refractivity contribution in [1.82, 2.24) is 4.90 Å². The molecule has 6 heteroatoms. The van der Waals surface area contributed by atoms with Crippen LogP contribution >= 0.6 is 0 Å². The van der Waals surface area contributed by atoms with E-state index in [1.807, 2.05) is 4.90 Å². The Morgan fingerprint density at radius 3 is 2.87 bits per heavy atom. The Balaban J connectivity index is 1.87. The predicted molar refractivity (Wildman–Crippen MR) is 88.0 cm³/mol. The standard InChI is InChI=1S/C17H25N3O3/c1-12-4-3-8-20(15(12)11-18)16(21)7-9-23-14-6-2-5-13(10-14)17(19)22/h2,5-6,10,12,15H,3-4,7-9,11,18H2,1H3,(H2,19,22)/t12-,15+/m1/s1. The van der Waals surface area contributed by atoms with E-state index in [2.05, 4.69) is 6.92 Å². The zero-order valence-electron chi connectivity index (χ0n) is 13.5. The van der Waals surface area contributed by atoms with Gasteiger partial charge in [0.25, 0.3) is 0 Å². The normalized spacial score (nSPS) is 21.0. The lowest BCUT2D eigenvalue weighted by atomic mass is 9.90. The van der Waals surface area contributed by atoms with Crippen LogP contribution in [0.2, 0.25) is 0 Å². The molecule has 2 atom stereocenters. The number of ether oxygens (including phenoxy) is 1. The van der Waals surface area contributed by atoms with Gasteiger partial charge in [-0.1, -0.05) is 13.0 Å². The SMILES string of the molecule is C[C@@H]1CCCN(C(=O)CCOc2cccc(C(N)=O)c2)[C@H]1CN. The molecule has 23 heavy (non-hydrogen) atoms. The number of rotatable bonds is 6. The van der Waals surface area contributed by atoms with E-state index < -0.39 is 5.91 Å². The van der Waals surface area contributed by atoms with Crippen LogP contribution in [0.4, 0.5) is 0 Å². The summed E-state index contributed by atoms with van der Waals surface area (Å²) in [5.41, 5.74) is 11.4. The average Bonchev–Trinajstić information content (AvgIpc) is 2.54. The van der Waals surface area contributed by atoms with Gasteiger partial charge in [-0.05, 0) is 37.0 Å². The van der Waals surface area contributed by atoms with Crippen LogP contribution < -0.4 is 16.2 Å². The molecule has 0 saturated carbocycles. The van der Waals surface area contributed by atoms with Crippen LogP contribution in [-0.4, -0.2) is 42.5 Å². The summed E-state index contributed by atoms with van der Waals surface area (Å²) in [6.45, 7) is 3.67. The second kappa shape index (κ2) is 7.97. The largest absolute Gasteiger partial charge is 0.493 e. The van der Waals surface area contributed by atoms with Gasteiger partial charge in [-0.2, -0.15) is 0 Å². The van der Waals surface area contributed by atoms with Gasteiger partial charge in [-0.15, -0.1) is 0 Å². The fourth-order valence-corrected chi connectivity index (χ4v) is 3.06. The second-order valence-corrected chi connectivity index (χ2v) is 6.00. The van der Waals surface area contributed by atoms with Gasteiger partial charge < -0.3 is 21.1 Å². The predicted octanol–water partition coefficient (Wildman–Crippen LogP) is 1.14. The van der Waals surface area contributed by atoms with Gasteiger partial charge in [0.15, 0.2) is 0 Å². The number of carbonyl (C=O) groups excluding carboxylic acids is 2. The molecule has 4 N–H and O–H groups in total. The van der Waals surface area contributed by atoms with E-state index in [-0.39, 0.29) is 18.6 Å². The molecule has 2 rings (SSSR count). The van der Waals surface area contributed by atoms with E-state index in [9.17, 15) is 9.59 Å². The lowest BCUT2D eigenvalue weighted by Crippen LogP contribution is -2.51. The summed E-state index contributed by atoms with van der Waals surface area (Å²) in [4.78, 5) is 25.4. The lowest BCUT2D eigenvalue weighted by molar-refractivity contribution is -0.136. The van der Waals surface area contributed by atoms with E-state index in [0.29, 0.717) is 30.2 Å². The van der Waals surface area contributed by atoms with Gasteiger partial charge in [0.2, 0.25) is 11.8 Å². The highest BCUT2D eigenvalue weighted by Crippen LogP contribution is 2.23. The minimum Gasteiger partial charge on any atom is -0.493 e. The van der Waals surface area contributed by atoms with Gasteiger partial charge in [0, 0.05) is 24.7 Å². The molecule has 1 fully saturated rings. The molecule has 1 saturated heterocycles. The summed E-state index contributed by atoms with van der Waals surface area (Å²) in [5, 5.41) is 0. The van der Waals surface area contributed by atoms with Crippen LogP contribution in [-0.2, 0) is 4.79 Å². The van der Waals surface area contributed by atoms with Crippen LogP contribution in [0.1, 0.15) is 36.5 Å². The molecular weight excluding hydrogens is 294 g/mol. The summed E-state index contributed by atoms with van der Waals surface area (Å²) < 4.78 is 5.57. The third-order valence-corrected chi connectivity index (χ3v) is 4.38. The van der Waals surface area contributed by atoms with E-state index in [1.165, 1.54) is 0 Å². The number of carbonyl (C=O) groups is 2. The number of nitrogens with zero attached hydrogens (tertiary/aromatic N) is 1. The molecule has 0 unspecified atom stereocenters. The van der Waals surface area contributed by atoms with Crippen LogP contribution in [0.5, 0.6) is 5.75 Å². The molecule has 0 bridgehead atoms. The van der Waals surface area contributed by atoms with Crippen molar-refractivity contribution in [2.24, 2.45) is 17.4 Å². The summed E-state index contributed by atoms with van der Waals surface area (Å²) in [6.07, 6.45) is 2.43. The van der Waals surface area contributed by atoms with E-state index in [1.54, 1.807) is 24.3 Å². The maximum absolute atomic E-state index is 12.4. The van der Waals surface area contributed by atoms with Crippen molar-refractivity contribution < 1.29 is 14.3 Å². The fourth-order valence-electron chi connectivity index (χ4n) is 3.06. The number of likely N-dealkylation sites (tertiary alicyclic amines) is 1. The van der Waals surface area contributed by atoms with Crippen LogP contribution in [0.15, 0.2) is 24.3 Å². The van der Waals surface area contributed by atoms with Crippen molar-refractivity contribution in [2.45, 2.75) is 32.2 Å². The van der Waals surface area contributed by atoms with Crippen molar-refractivity contribution in [3.63, 3.8) is 0 Å². The molecule has 1 heterocycles. The molecule has 126 valence electrons. The third-order valence-electron chi connectivity index (χ3n) is 4.38. The number of hydrogen-bond acceptors (Lipinski definition) is 4. The Hall–Kier alpha value is -2.08. The molecular formula is C17H25N3O3. The lowest BCUT2D eigenvalue weighted by Gasteiger charge is -2.39. The average molecular weight is 319 g/mol. The topological polar surface area (TPSA) is 98.6 Å². The number of piperidine rings is 1. The summed E-state index contributed by atoms with van der Waals surface area (Å²) >= 11 is 0. The molecule has 6 nitrogen and oxygen atoms in total. The third kappa shape index (κ3) is 4.45. The Morgan fingerprint density at radius 2 is 2.17 bits per heavy atom. The summed E-state index contributed by atoms with van der Waals surface area (Å²) in [7, 11) is 0. The first-order chi connectivity index (χ1) is 11.0. The molecule has 0 spiro atoms. The van der Waals surface area contributed by atoms with Crippen LogP contribution in [0, 0.1) is 5.92 Å². The number of hydrogen-bond donors (Lipinski definition) is 2. The van der Waals surface area contributed by atoms with E-state index in [0.717, 1.165) is 19.4 Å². The number of primary amides is 1. The minimum absolute atomic E-state index is 0.0676. The highest BCUT2D eigenvalue weighted by atomic mass is 16.5. The molecule has 1 aliphatic heterocycles. The Bertz CT molecular complexity index is 562. The maximum atomic E-state index is 12.4. The maximum Gasteiger partial charge on any atom is 0.248 e. The van der Waals surface area contributed by atoms with Gasteiger partial charge in [-0.25, -0.2) is 0 Å². The molecule has 2 amide bonds. The van der Waals surface area contributed by atoms with Crippen molar-refractivity contribution in [3.8, 4) is 5.75 Å². The Labute approximate surface area is 136 Å². The fraction of sp³-hybridized carbons (Fsp3) is 0.529. The quantitative estimate of drug-likeness (QED) is 0.821. The van der Waals surface area contributed by atoms with Crippen molar-refractivity contribution >= 4 is 11.8 Å². The molecule has 0 radical (unpaired) electrons. The first-order valence-corrected chi connectivity index (χ1v) is 8.05. The first-order valence-electron chi connectivity index (χ1n) is 8.05. The summed E-state index contributed by atoms with van der Waals surface area (Å²) in [5.74, 6) is 0.542. The van der Waals surface area contributed by atoms with E-state index >= 15 is 0 Å².